The molecule has 3 N–H and O–H groups in total. The normalized spacial score (nSPS) is 13.2. The standard InChI is InChI=1S/C8H8N4O/c9-7(13)5-1-6-2-10-4-12-8(6)11-3-5/h1-3H,4H2,(H2,9,13)(H,11,12). The molecule has 1 amide bonds. The van der Waals surface area contributed by atoms with E-state index in [2.05, 4.69) is 15.3 Å². The average molecular weight is 176 g/mol. The zero-order valence-electron chi connectivity index (χ0n) is 6.82. The molecule has 0 bridgehead atoms. The van der Waals surface area contributed by atoms with E-state index in [4.69, 9.17) is 5.73 Å². The van der Waals surface area contributed by atoms with Crippen molar-refractivity contribution in [2.45, 2.75) is 0 Å². The minimum atomic E-state index is -0.478. The summed E-state index contributed by atoms with van der Waals surface area (Å²) in [4.78, 5) is 18.8. The molecule has 66 valence electrons. The van der Waals surface area contributed by atoms with Gasteiger partial charge in [0.2, 0.25) is 5.91 Å². The second-order valence-electron chi connectivity index (χ2n) is 2.67. The van der Waals surface area contributed by atoms with Gasteiger partial charge in [0.1, 0.15) is 12.5 Å². The predicted octanol–water partition coefficient (Wildman–Crippen LogP) is -0.0176. The molecular weight excluding hydrogens is 168 g/mol. The molecule has 0 saturated carbocycles. The smallest absolute Gasteiger partial charge is 0.250 e. The van der Waals surface area contributed by atoms with Crippen LogP contribution in [0.4, 0.5) is 5.82 Å². The van der Waals surface area contributed by atoms with Gasteiger partial charge in [-0.05, 0) is 6.07 Å². The van der Waals surface area contributed by atoms with Gasteiger partial charge in [-0.25, -0.2) is 4.98 Å². The number of hydrogen-bond acceptors (Lipinski definition) is 4. The minimum Gasteiger partial charge on any atom is -0.366 e. The number of anilines is 1. The van der Waals surface area contributed by atoms with E-state index in [9.17, 15) is 4.79 Å². The van der Waals surface area contributed by atoms with Crippen LogP contribution in [0, 0.1) is 0 Å². The summed E-state index contributed by atoms with van der Waals surface area (Å²) in [6.07, 6.45) is 3.12. The Morgan fingerprint density at radius 3 is 3.23 bits per heavy atom. The van der Waals surface area contributed by atoms with Gasteiger partial charge in [0, 0.05) is 18.0 Å². The molecule has 0 atom stereocenters. The molecule has 5 heteroatoms. The van der Waals surface area contributed by atoms with Crippen molar-refractivity contribution in [2.75, 3.05) is 12.0 Å². The van der Waals surface area contributed by atoms with Crippen LogP contribution in [0.15, 0.2) is 17.3 Å². The molecule has 1 aliphatic heterocycles. The summed E-state index contributed by atoms with van der Waals surface area (Å²) in [5.41, 5.74) is 6.29. The second kappa shape index (κ2) is 2.85. The van der Waals surface area contributed by atoms with Crippen LogP contribution < -0.4 is 11.1 Å². The van der Waals surface area contributed by atoms with Crippen LogP contribution >= 0.6 is 0 Å². The maximum atomic E-state index is 10.8. The number of hydrogen-bond donors (Lipinski definition) is 2. The summed E-state index contributed by atoms with van der Waals surface area (Å²) in [5, 5.41) is 2.97. The van der Waals surface area contributed by atoms with Crippen molar-refractivity contribution in [1.82, 2.24) is 4.98 Å². The lowest BCUT2D eigenvalue weighted by Gasteiger charge is -2.10. The lowest BCUT2D eigenvalue weighted by molar-refractivity contribution is 0.1000. The van der Waals surface area contributed by atoms with Gasteiger partial charge in [-0.1, -0.05) is 0 Å². The van der Waals surface area contributed by atoms with Crippen LogP contribution in [0.3, 0.4) is 0 Å². The number of fused-ring (bicyclic) bond motifs is 1. The van der Waals surface area contributed by atoms with Gasteiger partial charge in [-0.3, -0.25) is 9.79 Å². The summed E-state index contributed by atoms with van der Waals surface area (Å²) in [7, 11) is 0. The Morgan fingerprint density at radius 2 is 2.46 bits per heavy atom. The Kier molecular flexibility index (Phi) is 1.70. The first kappa shape index (κ1) is 7.72. The molecule has 1 aromatic rings. The Bertz CT molecular complexity index is 386. The molecule has 0 spiro atoms. The van der Waals surface area contributed by atoms with Crippen LogP contribution in [0.25, 0.3) is 0 Å². The third-order valence-corrected chi connectivity index (χ3v) is 1.77. The van der Waals surface area contributed by atoms with E-state index < -0.39 is 5.91 Å². The van der Waals surface area contributed by atoms with E-state index in [0.717, 1.165) is 11.4 Å². The molecule has 0 radical (unpaired) electrons. The molecule has 1 aromatic heterocycles. The van der Waals surface area contributed by atoms with Gasteiger partial charge in [0.15, 0.2) is 0 Å². The minimum absolute atomic E-state index is 0.397. The molecule has 0 saturated heterocycles. The molecule has 1 aliphatic rings. The lowest BCUT2D eigenvalue weighted by atomic mass is 10.2. The lowest BCUT2D eigenvalue weighted by Crippen LogP contribution is -2.15. The number of aromatic nitrogens is 1. The Morgan fingerprint density at radius 1 is 1.62 bits per heavy atom. The molecule has 5 nitrogen and oxygen atoms in total. The zero-order valence-corrected chi connectivity index (χ0v) is 6.82. The first-order valence-electron chi connectivity index (χ1n) is 3.81. The van der Waals surface area contributed by atoms with Gasteiger partial charge in [-0.2, -0.15) is 0 Å². The number of nitrogens with zero attached hydrogens (tertiary/aromatic N) is 2. The Balaban J connectivity index is 2.48. The van der Waals surface area contributed by atoms with Crippen molar-refractivity contribution in [3.63, 3.8) is 0 Å². The summed E-state index contributed by atoms with van der Waals surface area (Å²) >= 11 is 0. The SMILES string of the molecule is NC(=O)c1cnc2c(c1)C=NCN2. The fourth-order valence-corrected chi connectivity index (χ4v) is 1.13. The van der Waals surface area contributed by atoms with Crippen molar-refractivity contribution >= 4 is 17.9 Å². The van der Waals surface area contributed by atoms with Crippen molar-refractivity contribution in [3.05, 3.63) is 23.4 Å². The number of nitrogens with one attached hydrogen (secondary N) is 1. The maximum Gasteiger partial charge on any atom is 0.250 e. The number of pyridine rings is 1. The van der Waals surface area contributed by atoms with Crippen molar-refractivity contribution in [3.8, 4) is 0 Å². The van der Waals surface area contributed by atoms with E-state index in [0.29, 0.717) is 12.2 Å². The van der Waals surface area contributed by atoms with E-state index in [-0.39, 0.29) is 0 Å². The number of rotatable bonds is 1. The largest absolute Gasteiger partial charge is 0.366 e. The van der Waals surface area contributed by atoms with Crippen molar-refractivity contribution in [1.29, 1.82) is 0 Å². The summed E-state index contributed by atoms with van der Waals surface area (Å²) in [5.74, 6) is 0.259. The monoisotopic (exact) mass is 176 g/mol. The highest BCUT2D eigenvalue weighted by Crippen LogP contribution is 2.14. The molecule has 0 aliphatic carbocycles. The number of carbonyl (C=O) groups excluding carboxylic acids is 1. The third kappa shape index (κ3) is 1.35. The highest BCUT2D eigenvalue weighted by molar-refractivity contribution is 5.96. The van der Waals surface area contributed by atoms with Gasteiger partial charge in [0.25, 0.3) is 0 Å². The molecule has 13 heavy (non-hydrogen) atoms. The quantitative estimate of drug-likeness (QED) is 0.631. The summed E-state index contributed by atoms with van der Waals surface area (Å²) in [6, 6.07) is 1.67. The van der Waals surface area contributed by atoms with Crippen molar-refractivity contribution < 1.29 is 4.79 Å². The molecule has 2 heterocycles. The van der Waals surface area contributed by atoms with E-state index in [1.165, 1.54) is 6.20 Å². The molecular formula is C8H8N4O. The van der Waals surface area contributed by atoms with Gasteiger partial charge < -0.3 is 11.1 Å². The first-order valence-corrected chi connectivity index (χ1v) is 3.81. The third-order valence-electron chi connectivity index (χ3n) is 1.77. The summed E-state index contributed by atoms with van der Waals surface area (Å²) in [6.45, 7) is 0.524. The maximum absolute atomic E-state index is 10.8. The summed E-state index contributed by atoms with van der Waals surface area (Å²) < 4.78 is 0. The van der Waals surface area contributed by atoms with Gasteiger partial charge >= 0.3 is 0 Å². The number of carbonyl (C=O) groups is 1. The number of primary amides is 1. The fraction of sp³-hybridized carbons (Fsp3) is 0.125. The average Bonchev–Trinajstić information content (AvgIpc) is 2.17. The molecule has 2 rings (SSSR count). The fourth-order valence-electron chi connectivity index (χ4n) is 1.13. The second-order valence-corrected chi connectivity index (χ2v) is 2.67. The number of nitrogens with two attached hydrogens (primary N) is 1. The van der Waals surface area contributed by atoms with Crippen LogP contribution in [0.1, 0.15) is 15.9 Å². The van der Waals surface area contributed by atoms with Crippen LogP contribution in [0.5, 0.6) is 0 Å². The van der Waals surface area contributed by atoms with E-state index in [1.54, 1.807) is 12.3 Å². The topological polar surface area (TPSA) is 80.4 Å². The zero-order chi connectivity index (χ0) is 9.26. The molecule has 0 aromatic carbocycles. The van der Waals surface area contributed by atoms with Gasteiger partial charge in [0.05, 0.1) is 5.56 Å². The predicted molar refractivity (Wildman–Crippen MR) is 48.8 cm³/mol. The Hall–Kier alpha value is -1.91. The van der Waals surface area contributed by atoms with Crippen LogP contribution in [0.2, 0.25) is 0 Å². The number of aliphatic imine (C=N–C) groups is 1. The highest BCUT2D eigenvalue weighted by atomic mass is 16.1. The van der Waals surface area contributed by atoms with Crippen LogP contribution in [-0.4, -0.2) is 23.8 Å². The Labute approximate surface area is 74.7 Å². The first-order chi connectivity index (χ1) is 6.27. The van der Waals surface area contributed by atoms with Crippen molar-refractivity contribution in [2.24, 2.45) is 10.7 Å². The highest BCUT2D eigenvalue weighted by Gasteiger charge is 2.08. The molecule has 0 unspecified atom stereocenters. The number of amides is 1. The van der Waals surface area contributed by atoms with Crippen LogP contribution in [-0.2, 0) is 0 Å². The molecule has 0 fully saturated rings. The van der Waals surface area contributed by atoms with Gasteiger partial charge in [-0.15, -0.1) is 0 Å². The van der Waals surface area contributed by atoms with E-state index >= 15 is 0 Å². The van der Waals surface area contributed by atoms with E-state index in [1.807, 2.05) is 0 Å².